The first-order chi connectivity index (χ1) is 9.87. The Hall–Kier alpha value is -2.29. The van der Waals surface area contributed by atoms with Gasteiger partial charge in [0.2, 0.25) is 0 Å². The smallest absolute Gasteiger partial charge is 0.169 e. The molecule has 1 aliphatic rings. The highest BCUT2D eigenvalue weighted by Gasteiger charge is 2.37. The number of carbonyl (C=O) groups excluding carboxylic acids is 1. The van der Waals surface area contributed by atoms with Gasteiger partial charge in [0.15, 0.2) is 5.78 Å². The highest BCUT2D eigenvalue weighted by atomic mass is 16.1. The molecule has 108 valence electrons. The largest absolute Gasteiger partial charge is 0.397 e. The maximum absolute atomic E-state index is 12.2. The first-order valence-corrected chi connectivity index (χ1v) is 7.18. The van der Waals surface area contributed by atoms with Gasteiger partial charge in [0, 0.05) is 16.7 Å². The van der Waals surface area contributed by atoms with Crippen molar-refractivity contribution in [1.82, 2.24) is 0 Å². The number of Topliss-reactive ketones (excluding diaryl/α,β-unsaturated/α-hetero) is 1. The molecule has 1 aliphatic carbocycles. The summed E-state index contributed by atoms with van der Waals surface area (Å²) in [5, 5.41) is 3.35. The molecule has 0 heterocycles. The van der Waals surface area contributed by atoms with Crippen molar-refractivity contribution in [2.45, 2.75) is 27.2 Å². The first-order valence-electron chi connectivity index (χ1n) is 7.18. The standard InChI is InChI=1S/C18H20N2O/c1-11-4-7-15(19)16(8-11)20-13-5-6-14-12(9-13)10-18(2,3)17(14)21/h4-9,20H,10,19H2,1-3H3. The number of fused-ring (bicyclic) bond motifs is 1. The van der Waals surface area contributed by atoms with Crippen molar-refractivity contribution >= 4 is 22.8 Å². The molecule has 0 saturated carbocycles. The molecule has 0 saturated heterocycles. The average molecular weight is 280 g/mol. The van der Waals surface area contributed by atoms with Crippen LogP contribution < -0.4 is 11.1 Å². The zero-order valence-electron chi connectivity index (χ0n) is 12.7. The predicted molar refractivity (Wildman–Crippen MR) is 87.1 cm³/mol. The molecule has 21 heavy (non-hydrogen) atoms. The molecular formula is C18H20N2O. The van der Waals surface area contributed by atoms with Crippen molar-refractivity contribution in [2.24, 2.45) is 5.41 Å². The van der Waals surface area contributed by atoms with Crippen LogP contribution >= 0.6 is 0 Å². The maximum atomic E-state index is 12.2. The molecule has 3 rings (SSSR count). The lowest BCUT2D eigenvalue weighted by Gasteiger charge is -2.13. The quantitative estimate of drug-likeness (QED) is 0.815. The minimum atomic E-state index is -0.288. The Morgan fingerprint density at radius 1 is 1.14 bits per heavy atom. The van der Waals surface area contributed by atoms with Crippen LogP contribution in [0.3, 0.4) is 0 Å². The Morgan fingerprint density at radius 3 is 2.67 bits per heavy atom. The van der Waals surface area contributed by atoms with Gasteiger partial charge in [-0.05, 0) is 54.8 Å². The van der Waals surface area contributed by atoms with Gasteiger partial charge < -0.3 is 11.1 Å². The zero-order chi connectivity index (χ0) is 15.2. The van der Waals surface area contributed by atoms with Crippen LogP contribution in [0.4, 0.5) is 17.1 Å². The van der Waals surface area contributed by atoms with Gasteiger partial charge in [0.1, 0.15) is 0 Å². The highest BCUT2D eigenvalue weighted by molar-refractivity contribution is 6.04. The molecule has 0 amide bonds. The van der Waals surface area contributed by atoms with Gasteiger partial charge in [-0.2, -0.15) is 0 Å². The Kier molecular flexibility index (Phi) is 3.01. The summed E-state index contributed by atoms with van der Waals surface area (Å²) < 4.78 is 0. The second kappa shape index (κ2) is 4.62. The summed E-state index contributed by atoms with van der Waals surface area (Å²) in [6.45, 7) is 6.04. The van der Waals surface area contributed by atoms with Crippen molar-refractivity contribution in [3.63, 3.8) is 0 Å². The topological polar surface area (TPSA) is 55.1 Å². The van der Waals surface area contributed by atoms with Gasteiger partial charge in [-0.15, -0.1) is 0 Å². The monoisotopic (exact) mass is 280 g/mol. The van der Waals surface area contributed by atoms with Crippen molar-refractivity contribution in [2.75, 3.05) is 11.1 Å². The minimum Gasteiger partial charge on any atom is -0.397 e. The summed E-state index contributed by atoms with van der Waals surface area (Å²) in [6, 6.07) is 11.8. The number of ketones is 1. The van der Waals surface area contributed by atoms with Crippen molar-refractivity contribution in [3.8, 4) is 0 Å². The number of anilines is 3. The summed E-state index contributed by atoms with van der Waals surface area (Å²) in [5.74, 6) is 0.235. The molecule has 0 spiro atoms. The Labute approximate surface area is 125 Å². The molecule has 0 radical (unpaired) electrons. The average Bonchev–Trinajstić information content (AvgIpc) is 2.64. The maximum Gasteiger partial charge on any atom is 0.169 e. The first kappa shape index (κ1) is 13.7. The van der Waals surface area contributed by atoms with Crippen LogP contribution in [0.2, 0.25) is 0 Å². The Bertz CT molecular complexity index is 732. The molecule has 0 atom stereocenters. The van der Waals surface area contributed by atoms with Gasteiger partial charge in [0.25, 0.3) is 0 Å². The fourth-order valence-electron chi connectivity index (χ4n) is 2.89. The van der Waals surface area contributed by atoms with E-state index in [0.29, 0.717) is 0 Å². The zero-order valence-corrected chi connectivity index (χ0v) is 12.7. The van der Waals surface area contributed by atoms with E-state index >= 15 is 0 Å². The van der Waals surface area contributed by atoms with E-state index in [1.165, 1.54) is 0 Å². The van der Waals surface area contributed by atoms with E-state index in [9.17, 15) is 4.79 Å². The molecular weight excluding hydrogens is 260 g/mol. The van der Waals surface area contributed by atoms with E-state index in [-0.39, 0.29) is 11.2 Å². The van der Waals surface area contributed by atoms with Crippen molar-refractivity contribution < 1.29 is 4.79 Å². The fourth-order valence-corrected chi connectivity index (χ4v) is 2.89. The second-order valence-electron chi connectivity index (χ2n) is 6.48. The third kappa shape index (κ3) is 2.40. The van der Waals surface area contributed by atoms with Gasteiger partial charge in [-0.3, -0.25) is 4.79 Å². The highest BCUT2D eigenvalue weighted by Crippen LogP contribution is 2.37. The van der Waals surface area contributed by atoms with Crippen molar-refractivity contribution in [3.05, 3.63) is 53.1 Å². The lowest BCUT2D eigenvalue weighted by molar-refractivity contribution is 0.0863. The molecule has 0 unspecified atom stereocenters. The normalized spacial score (nSPS) is 15.9. The number of nitrogens with two attached hydrogens (primary N) is 1. The molecule has 3 heteroatoms. The number of hydrogen-bond acceptors (Lipinski definition) is 3. The van der Waals surface area contributed by atoms with Gasteiger partial charge in [-0.25, -0.2) is 0 Å². The molecule has 2 aromatic carbocycles. The van der Waals surface area contributed by atoms with Crippen LogP contribution in [0.1, 0.15) is 35.3 Å². The fraction of sp³-hybridized carbons (Fsp3) is 0.278. The summed E-state index contributed by atoms with van der Waals surface area (Å²) >= 11 is 0. The van der Waals surface area contributed by atoms with Crippen LogP contribution in [-0.4, -0.2) is 5.78 Å². The summed E-state index contributed by atoms with van der Waals surface area (Å²) in [4.78, 5) is 12.2. The predicted octanol–water partition coefficient (Wildman–Crippen LogP) is 4.09. The van der Waals surface area contributed by atoms with Crippen molar-refractivity contribution in [1.29, 1.82) is 0 Å². The number of nitrogens with one attached hydrogen (secondary N) is 1. The van der Waals surface area contributed by atoms with E-state index in [4.69, 9.17) is 5.73 Å². The number of hydrogen-bond donors (Lipinski definition) is 2. The summed E-state index contributed by atoms with van der Waals surface area (Å²) in [7, 11) is 0. The van der Waals surface area contributed by atoms with Crippen LogP contribution in [0.15, 0.2) is 36.4 Å². The molecule has 3 nitrogen and oxygen atoms in total. The molecule has 0 aliphatic heterocycles. The minimum absolute atomic E-state index is 0.235. The Morgan fingerprint density at radius 2 is 1.90 bits per heavy atom. The van der Waals surface area contributed by atoms with Gasteiger partial charge in [0.05, 0.1) is 11.4 Å². The van der Waals surface area contributed by atoms with Crippen LogP contribution in [0.25, 0.3) is 0 Å². The number of benzene rings is 2. The third-order valence-electron chi connectivity index (χ3n) is 4.08. The molecule has 3 N–H and O–H groups in total. The van der Waals surface area contributed by atoms with E-state index < -0.39 is 0 Å². The SMILES string of the molecule is Cc1ccc(N)c(Nc2ccc3c(c2)CC(C)(C)C3=O)c1. The molecule has 0 fully saturated rings. The van der Waals surface area contributed by atoms with Crippen LogP contribution in [0.5, 0.6) is 0 Å². The summed E-state index contributed by atoms with van der Waals surface area (Å²) in [5.41, 5.74) is 11.4. The Balaban J connectivity index is 1.93. The molecule has 2 aromatic rings. The number of nitrogen functional groups attached to an aromatic ring is 1. The van der Waals surface area contributed by atoms with Crippen LogP contribution in [0, 0.1) is 12.3 Å². The molecule has 0 aromatic heterocycles. The number of rotatable bonds is 2. The van der Waals surface area contributed by atoms with E-state index in [1.807, 2.05) is 51.1 Å². The lowest BCUT2D eigenvalue weighted by atomic mass is 9.89. The number of aryl methyl sites for hydroxylation is 1. The van der Waals surface area contributed by atoms with E-state index in [2.05, 4.69) is 11.4 Å². The number of carbonyl (C=O) groups is 1. The summed E-state index contributed by atoms with van der Waals surface area (Å²) in [6.07, 6.45) is 0.792. The lowest BCUT2D eigenvalue weighted by Crippen LogP contribution is -2.18. The van der Waals surface area contributed by atoms with Crippen LogP contribution in [-0.2, 0) is 6.42 Å². The van der Waals surface area contributed by atoms with E-state index in [0.717, 1.165) is 40.2 Å². The second-order valence-corrected chi connectivity index (χ2v) is 6.48. The van der Waals surface area contributed by atoms with Gasteiger partial charge >= 0.3 is 0 Å². The molecule has 0 bridgehead atoms. The van der Waals surface area contributed by atoms with Gasteiger partial charge in [-0.1, -0.05) is 19.9 Å². The third-order valence-corrected chi connectivity index (χ3v) is 4.08. The van der Waals surface area contributed by atoms with E-state index in [1.54, 1.807) is 0 Å².